The van der Waals surface area contributed by atoms with E-state index in [0.29, 0.717) is 13.1 Å². The first kappa shape index (κ1) is 25.0. The van der Waals surface area contributed by atoms with Crippen molar-refractivity contribution in [3.05, 3.63) is 35.9 Å². The average molecular weight is 491 g/mol. The third-order valence-corrected chi connectivity index (χ3v) is 9.81. The second-order valence-electron chi connectivity index (χ2n) is 10.3. The summed E-state index contributed by atoms with van der Waals surface area (Å²) in [6.45, 7) is 3.79. The maximum absolute atomic E-state index is 13.4. The van der Waals surface area contributed by atoms with Crippen molar-refractivity contribution >= 4 is 21.8 Å². The first-order valence-electron chi connectivity index (χ1n) is 12.4. The van der Waals surface area contributed by atoms with Crippen molar-refractivity contribution in [3.8, 4) is 0 Å². The van der Waals surface area contributed by atoms with Crippen molar-refractivity contribution in [3.63, 3.8) is 0 Å². The maximum atomic E-state index is 13.4. The van der Waals surface area contributed by atoms with Gasteiger partial charge in [0.05, 0.1) is 17.0 Å². The fourth-order valence-electron chi connectivity index (χ4n) is 6.09. The van der Waals surface area contributed by atoms with Crippen LogP contribution in [0.1, 0.15) is 44.6 Å². The van der Waals surface area contributed by atoms with Crippen LogP contribution in [0.4, 0.5) is 4.79 Å². The molecule has 3 aliphatic rings. The number of carbonyl (C=O) groups is 2. The van der Waals surface area contributed by atoms with Crippen LogP contribution in [0.15, 0.2) is 30.3 Å². The molecule has 2 heterocycles. The number of benzene rings is 1. The minimum atomic E-state index is -3.05. The molecule has 3 fully saturated rings. The summed E-state index contributed by atoms with van der Waals surface area (Å²) in [6.07, 6.45) is 4.54. The highest BCUT2D eigenvalue weighted by Crippen LogP contribution is 2.48. The Kier molecular flexibility index (Phi) is 6.97. The smallest absolute Gasteiger partial charge is 0.321 e. The Morgan fingerprint density at radius 3 is 2.21 bits per heavy atom. The monoisotopic (exact) mass is 490 g/mol. The minimum Gasteiger partial charge on any atom is -0.339 e. The van der Waals surface area contributed by atoms with Gasteiger partial charge in [0.25, 0.3) is 0 Å². The standard InChI is InChI=1S/C25H38N4O4S/c1-4-14-29-23(31)28(19-22(30)27-15-17-34(32,33)18-16-27)20-24(29)10-12-25(13-11-24,26(2)3)21-8-6-5-7-9-21/h5-9H,4,10-20H2,1-3H3/t24-,25-. The summed E-state index contributed by atoms with van der Waals surface area (Å²) in [7, 11) is 1.22. The number of sulfone groups is 1. The zero-order valence-corrected chi connectivity index (χ0v) is 21.5. The lowest BCUT2D eigenvalue weighted by atomic mass is 9.68. The molecule has 8 nitrogen and oxygen atoms in total. The van der Waals surface area contributed by atoms with Gasteiger partial charge >= 0.3 is 6.03 Å². The van der Waals surface area contributed by atoms with E-state index in [9.17, 15) is 18.0 Å². The maximum Gasteiger partial charge on any atom is 0.321 e. The summed E-state index contributed by atoms with van der Waals surface area (Å²) in [6, 6.07) is 10.6. The second-order valence-corrected chi connectivity index (χ2v) is 12.6. The van der Waals surface area contributed by atoms with E-state index in [0.717, 1.165) is 32.1 Å². The number of hydrogen-bond donors (Lipinski definition) is 0. The fraction of sp³-hybridized carbons (Fsp3) is 0.680. The van der Waals surface area contributed by atoms with E-state index in [4.69, 9.17) is 0 Å². The summed E-state index contributed by atoms with van der Waals surface area (Å²) in [5, 5.41) is 0. The number of rotatable bonds is 6. The van der Waals surface area contributed by atoms with Gasteiger partial charge in [0, 0.05) is 31.7 Å². The van der Waals surface area contributed by atoms with Crippen molar-refractivity contribution in [2.24, 2.45) is 0 Å². The third-order valence-electron chi connectivity index (χ3n) is 8.20. The molecule has 0 N–H and O–H groups in total. The third kappa shape index (κ3) is 4.56. The quantitative estimate of drug-likeness (QED) is 0.611. The molecule has 2 aliphatic heterocycles. The Bertz CT molecular complexity index is 989. The van der Waals surface area contributed by atoms with E-state index in [2.05, 4.69) is 50.2 Å². The van der Waals surface area contributed by atoms with Crippen LogP contribution in [0.25, 0.3) is 0 Å². The van der Waals surface area contributed by atoms with E-state index < -0.39 is 9.84 Å². The van der Waals surface area contributed by atoms with E-state index in [1.165, 1.54) is 5.56 Å². The first-order valence-corrected chi connectivity index (χ1v) is 14.2. The summed E-state index contributed by atoms with van der Waals surface area (Å²) >= 11 is 0. The van der Waals surface area contributed by atoms with Gasteiger partial charge in [-0.25, -0.2) is 13.2 Å². The zero-order chi connectivity index (χ0) is 24.6. The van der Waals surface area contributed by atoms with Crippen molar-refractivity contribution in [1.82, 2.24) is 19.6 Å². The van der Waals surface area contributed by atoms with Gasteiger partial charge in [0.1, 0.15) is 6.54 Å². The molecule has 1 aromatic carbocycles. The average Bonchev–Trinajstić information content (AvgIpc) is 3.06. The molecule has 0 radical (unpaired) electrons. The van der Waals surface area contributed by atoms with E-state index in [1.54, 1.807) is 9.80 Å². The van der Waals surface area contributed by atoms with Gasteiger partial charge < -0.3 is 14.7 Å². The molecule has 188 valence electrons. The summed E-state index contributed by atoms with van der Waals surface area (Å²) in [4.78, 5) is 34.0. The molecule has 0 aromatic heterocycles. The van der Waals surface area contributed by atoms with Crippen molar-refractivity contribution in [2.75, 3.05) is 58.3 Å². The van der Waals surface area contributed by atoms with Gasteiger partial charge in [-0.3, -0.25) is 9.69 Å². The first-order chi connectivity index (χ1) is 16.1. The molecule has 1 spiro atoms. The Labute approximate surface area is 203 Å². The molecule has 3 amide bonds. The SMILES string of the molecule is CCCN1C(=O)N(CC(=O)N2CCS(=O)(=O)CC2)C[C@]12CC[C@@](c1ccccc1)(N(C)C)CC2. The van der Waals surface area contributed by atoms with Crippen LogP contribution in [0, 0.1) is 0 Å². The summed E-state index contributed by atoms with van der Waals surface area (Å²) in [5.41, 5.74) is 0.997. The Morgan fingerprint density at radius 1 is 1.03 bits per heavy atom. The fourth-order valence-corrected chi connectivity index (χ4v) is 7.29. The molecule has 1 saturated carbocycles. The van der Waals surface area contributed by atoms with Crippen molar-refractivity contribution in [1.29, 1.82) is 0 Å². The highest BCUT2D eigenvalue weighted by Gasteiger charge is 2.54. The second kappa shape index (κ2) is 9.49. The molecule has 9 heteroatoms. The highest BCUT2D eigenvalue weighted by molar-refractivity contribution is 7.91. The predicted octanol–water partition coefficient (Wildman–Crippen LogP) is 2.16. The van der Waals surface area contributed by atoms with Gasteiger partial charge in [0.15, 0.2) is 9.84 Å². The largest absolute Gasteiger partial charge is 0.339 e. The molecular weight excluding hydrogens is 452 g/mol. The van der Waals surface area contributed by atoms with Crippen LogP contribution >= 0.6 is 0 Å². The molecule has 0 atom stereocenters. The number of urea groups is 1. The zero-order valence-electron chi connectivity index (χ0n) is 20.7. The lowest BCUT2D eigenvalue weighted by Crippen LogP contribution is -2.55. The number of hydrogen-bond acceptors (Lipinski definition) is 5. The number of nitrogens with zero attached hydrogens (tertiary/aromatic N) is 4. The predicted molar refractivity (Wildman–Crippen MR) is 132 cm³/mol. The molecule has 2 saturated heterocycles. The summed E-state index contributed by atoms with van der Waals surface area (Å²) in [5.74, 6) is -0.144. The van der Waals surface area contributed by atoms with Crippen LogP contribution in [0.5, 0.6) is 0 Å². The molecule has 34 heavy (non-hydrogen) atoms. The number of amides is 3. The van der Waals surface area contributed by atoms with Gasteiger partial charge in [-0.15, -0.1) is 0 Å². The lowest BCUT2D eigenvalue weighted by molar-refractivity contribution is -0.131. The molecule has 0 unspecified atom stereocenters. The normalized spacial score (nSPS) is 29.3. The highest BCUT2D eigenvalue weighted by atomic mass is 32.2. The molecule has 1 aromatic rings. The van der Waals surface area contributed by atoms with Gasteiger partial charge in [-0.05, 0) is 51.8 Å². The van der Waals surface area contributed by atoms with Crippen LogP contribution < -0.4 is 0 Å². The lowest BCUT2D eigenvalue weighted by Gasteiger charge is -2.51. The van der Waals surface area contributed by atoms with Gasteiger partial charge in [0.2, 0.25) is 5.91 Å². The van der Waals surface area contributed by atoms with Crippen molar-refractivity contribution in [2.45, 2.75) is 50.1 Å². The molecule has 0 bridgehead atoms. The van der Waals surface area contributed by atoms with Crippen LogP contribution in [-0.4, -0.2) is 104 Å². The molecule has 4 rings (SSSR count). The van der Waals surface area contributed by atoms with Crippen LogP contribution in [0.3, 0.4) is 0 Å². The topological polar surface area (TPSA) is 81.2 Å². The minimum absolute atomic E-state index is 0.00465. The van der Waals surface area contributed by atoms with Gasteiger partial charge in [-0.2, -0.15) is 0 Å². The Balaban J connectivity index is 1.50. The Hall–Kier alpha value is -2.13. The van der Waals surface area contributed by atoms with Crippen LogP contribution in [-0.2, 0) is 20.2 Å². The summed E-state index contributed by atoms with van der Waals surface area (Å²) < 4.78 is 23.4. The van der Waals surface area contributed by atoms with E-state index >= 15 is 0 Å². The van der Waals surface area contributed by atoms with Crippen LogP contribution in [0.2, 0.25) is 0 Å². The molecule has 1 aliphatic carbocycles. The van der Waals surface area contributed by atoms with Crippen molar-refractivity contribution < 1.29 is 18.0 Å². The molecular formula is C25H38N4O4S. The van der Waals surface area contributed by atoms with E-state index in [1.807, 2.05) is 11.0 Å². The van der Waals surface area contributed by atoms with E-state index in [-0.39, 0.29) is 54.2 Å². The number of carbonyl (C=O) groups excluding carboxylic acids is 2. The van der Waals surface area contributed by atoms with Gasteiger partial charge in [-0.1, -0.05) is 37.3 Å². The Morgan fingerprint density at radius 2 is 1.65 bits per heavy atom.